The molecule has 1 unspecified atom stereocenters. The van der Waals surface area contributed by atoms with Crippen molar-refractivity contribution in [3.05, 3.63) is 47.2 Å². The maximum atomic E-state index is 5.96. The molecule has 1 heterocycles. The largest absolute Gasteiger partial charge is 0.399 e. The van der Waals surface area contributed by atoms with Crippen molar-refractivity contribution in [1.29, 1.82) is 0 Å². The quantitative estimate of drug-likeness (QED) is 0.870. The van der Waals surface area contributed by atoms with Gasteiger partial charge in [0.1, 0.15) is 0 Å². The third-order valence-electron chi connectivity index (χ3n) is 5.10. The molecule has 0 spiro atoms. The first-order valence-corrected chi connectivity index (χ1v) is 8.68. The number of hydrogen-bond acceptors (Lipinski definition) is 3. The van der Waals surface area contributed by atoms with Gasteiger partial charge in [-0.3, -0.25) is 9.80 Å². The van der Waals surface area contributed by atoms with Gasteiger partial charge in [-0.15, -0.1) is 0 Å². The van der Waals surface area contributed by atoms with Crippen LogP contribution in [0.1, 0.15) is 32.6 Å². The fraction of sp³-hybridized carbons (Fsp3) is 0.579. The van der Waals surface area contributed by atoms with Crippen LogP contribution in [0.5, 0.6) is 0 Å². The Labute approximate surface area is 134 Å². The molecule has 22 heavy (non-hydrogen) atoms. The lowest BCUT2D eigenvalue weighted by Gasteiger charge is -2.39. The lowest BCUT2D eigenvalue weighted by atomic mass is 9.98. The number of allylic oxidation sites excluding steroid dienone is 3. The Morgan fingerprint density at radius 2 is 1.95 bits per heavy atom. The van der Waals surface area contributed by atoms with Crippen LogP contribution in [0.4, 0.5) is 0 Å². The van der Waals surface area contributed by atoms with E-state index in [9.17, 15) is 0 Å². The average Bonchev–Trinajstić information content (AvgIpc) is 2.80. The van der Waals surface area contributed by atoms with E-state index in [4.69, 9.17) is 5.73 Å². The van der Waals surface area contributed by atoms with E-state index in [0.29, 0.717) is 6.04 Å². The number of nitrogens with zero attached hydrogens (tertiary/aromatic N) is 2. The molecule has 0 radical (unpaired) electrons. The van der Waals surface area contributed by atoms with E-state index in [1.807, 2.05) is 0 Å². The molecular weight excluding hydrogens is 270 g/mol. The second-order valence-electron chi connectivity index (χ2n) is 6.79. The highest BCUT2D eigenvalue weighted by Crippen LogP contribution is 2.21. The van der Waals surface area contributed by atoms with Gasteiger partial charge in [0.25, 0.3) is 0 Å². The monoisotopic (exact) mass is 299 g/mol. The second kappa shape index (κ2) is 7.30. The second-order valence-corrected chi connectivity index (χ2v) is 6.79. The Morgan fingerprint density at radius 3 is 2.73 bits per heavy atom. The minimum absolute atomic E-state index is 0.548. The minimum atomic E-state index is 0.548. The first kappa shape index (κ1) is 15.6. The van der Waals surface area contributed by atoms with Crippen molar-refractivity contribution in [3.8, 4) is 0 Å². The van der Waals surface area contributed by atoms with E-state index in [-0.39, 0.29) is 0 Å². The van der Waals surface area contributed by atoms with Gasteiger partial charge in [0.15, 0.2) is 0 Å². The lowest BCUT2D eigenvalue weighted by Crippen LogP contribution is -2.50. The molecule has 2 N–H and O–H groups in total. The van der Waals surface area contributed by atoms with Crippen LogP contribution in [0, 0.1) is 0 Å². The van der Waals surface area contributed by atoms with Crippen LogP contribution in [0.2, 0.25) is 0 Å². The highest BCUT2D eigenvalue weighted by molar-refractivity contribution is 5.28. The summed E-state index contributed by atoms with van der Waals surface area (Å²) in [5.41, 5.74) is 9.77. The smallest absolute Gasteiger partial charge is 0.0321 e. The molecule has 0 aromatic heterocycles. The summed E-state index contributed by atoms with van der Waals surface area (Å²) in [6.45, 7) is 7.96. The summed E-state index contributed by atoms with van der Waals surface area (Å²) in [5.74, 6) is 0. The molecule has 120 valence electrons. The Bertz CT molecular complexity index is 505. The van der Waals surface area contributed by atoms with Crippen molar-refractivity contribution in [2.75, 3.05) is 32.7 Å². The summed E-state index contributed by atoms with van der Waals surface area (Å²) in [6.07, 6.45) is 16.3. The van der Waals surface area contributed by atoms with Gasteiger partial charge in [0.05, 0.1) is 0 Å². The van der Waals surface area contributed by atoms with Crippen LogP contribution >= 0.6 is 0 Å². The van der Waals surface area contributed by atoms with E-state index in [0.717, 1.165) is 18.7 Å². The molecule has 0 saturated carbocycles. The molecule has 0 amide bonds. The third-order valence-corrected chi connectivity index (χ3v) is 5.10. The Morgan fingerprint density at radius 1 is 1.14 bits per heavy atom. The first-order valence-electron chi connectivity index (χ1n) is 8.68. The third kappa shape index (κ3) is 3.90. The maximum Gasteiger partial charge on any atom is 0.0321 e. The standard InChI is InChI=1S/C19H29N3/c1-16-14-18(8-9-19(16)20)22-12-10-21(11-13-22)15-17-6-4-2-3-5-7-17/h4,6-9,18H,2-3,5,10-15,20H2,1H3. The van der Waals surface area contributed by atoms with Gasteiger partial charge < -0.3 is 5.73 Å². The molecular formula is C19H29N3. The summed E-state index contributed by atoms with van der Waals surface area (Å²) in [7, 11) is 0. The highest BCUT2D eigenvalue weighted by Gasteiger charge is 2.24. The zero-order valence-electron chi connectivity index (χ0n) is 13.8. The van der Waals surface area contributed by atoms with Gasteiger partial charge in [-0.1, -0.05) is 24.3 Å². The highest BCUT2D eigenvalue weighted by atomic mass is 15.3. The summed E-state index contributed by atoms with van der Waals surface area (Å²) in [5, 5.41) is 0. The van der Waals surface area contributed by atoms with Crippen LogP contribution in [-0.4, -0.2) is 48.6 Å². The molecule has 3 rings (SSSR count). The normalized spacial score (nSPS) is 27.9. The molecule has 0 bridgehead atoms. The van der Waals surface area contributed by atoms with Crippen molar-refractivity contribution in [2.45, 2.75) is 38.6 Å². The van der Waals surface area contributed by atoms with Crippen molar-refractivity contribution >= 4 is 0 Å². The van der Waals surface area contributed by atoms with E-state index in [1.165, 1.54) is 56.6 Å². The van der Waals surface area contributed by atoms with E-state index in [1.54, 1.807) is 0 Å². The number of rotatable bonds is 3. The maximum absolute atomic E-state index is 5.96. The van der Waals surface area contributed by atoms with Gasteiger partial charge in [-0.25, -0.2) is 0 Å². The number of nitrogens with two attached hydrogens (primary N) is 1. The topological polar surface area (TPSA) is 32.5 Å². The molecule has 1 saturated heterocycles. The Kier molecular flexibility index (Phi) is 5.16. The molecule has 3 heteroatoms. The molecule has 2 aliphatic carbocycles. The SMILES string of the molecule is CC1=C(N)C=CC(N2CCN(CC3=CCCCC=C3)CC2)C1. The van der Waals surface area contributed by atoms with Crippen LogP contribution in [0.25, 0.3) is 0 Å². The van der Waals surface area contributed by atoms with E-state index in [2.05, 4.69) is 47.1 Å². The van der Waals surface area contributed by atoms with Crippen molar-refractivity contribution in [3.63, 3.8) is 0 Å². The molecule has 3 aliphatic rings. The van der Waals surface area contributed by atoms with E-state index >= 15 is 0 Å². The fourth-order valence-electron chi connectivity index (χ4n) is 3.56. The lowest BCUT2D eigenvalue weighted by molar-refractivity contribution is 0.118. The van der Waals surface area contributed by atoms with Gasteiger partial charge in [-0.2, -0.15) is 0 Å². The summed E-state index contributed by atoms with van der Waals surface area (Å²) in [6, 6.07) is 0.548. The fourth-order valence-corrected chi connectivity index (χ4v) is 3.56. The zero-order valence-corrected chi connectivity index (χ0v) is 13.8. The van der Waals surface area contributed by atoms with Gasteiger partial charge in [0, 0.05) is 44.5 Å². The van der Waals surface area contributed by atoms with Crippen LogP contribution < -0.4 is 5.73 Å². The first-order chi connectivity index (χ1) is 10.7. The van der Waals surface area contributed by atoms with Gasteiger partial charge >= 0.3 is 0 Å². The molecule has 0 aromatic carbocycles. The van der Waals surface area contributed by atoms with Gasteiger partial charge in [-0.05, 0) is 49.8 Å². The summed E-state index contributed by atoms with van der Waals surface area (Å²) >= 11 is 0. The number of hydrogen-bond donors (Lipinski definition) is 1. The Balaban J connectivity index is 1.49. The molecule has 3 nitrogen and oxygen atoms in total. The summed E-state index contributed by atoms with van der Waals surface area (Å²) < 4.78 is 0. The average molecular weight is 299 g/mol. The number of piperazine rings is 1. The van der Waals surface area contributed by atoms with Crippen LogP contribution in [-0.2, 0) is 0 Å². The predicted molar refractivity (Wildman–Crippen MR) is 93.5 cm³/mol. The van der Waals surface area contributed by atoms with Crippen molar-refractivity contribution < 1.29 is 0 Å². The van der Waals surface area contributed by atoms with Crippen molar-refractivity contribution in [2.24, 2.45) is 5.73 Å². The molecule has 1 atom stereocenters. The van der Waals surface area contributed by atoms with Crippen LogP contribution in [0.15, 0.2) is 47.2 Å². The predicted octanol–water partition coefficient (Wildman–Crippen LogP) is 2.83. The molecule has 1 aliphatic heterocycles. The zero-order chi connectivity index (χ0) is 15.4. The molecule has 1 fully saturated rings. The minimum Gasteiger partial charge on any atom is -0.399 e. The van der Waals surface area contributed by atoms with Crippen molar-refractivity contribution in [1.82, 2.24) is 9.80 Å². The Hall–Kier alpha value is -1.32. The van der Waals surface area contributed by atoms with Gasteiger partial charge in [0.2, 0.25) is 0 Å². The summed E-state index contributed by atoms with van der Waals surface area (Å²) in [4.78, 5) is 5.21. The molecule has 0 aromatic rings. The van der Waals surface area contributed by atoms with E-state index < -0.39 is 0 Å². The van der Waals surface area contributed by atoms with Crippen LogP contribution in [0.3, 0.4) is 0 Å².